The standard InChI is InChI=1S/C14H10F8N2O/c15-11(16)5-24(6-13(17,18)19)7-1-2-10-8(3-7)9(14(20,21)22)4-12(25)23-10/h1-4,11H,5-6H2,(H,23,25). The lowest BCUT2D eigenvalue weighted by Gasteiger charge is -2.26. The number of hydrogen-bond acceptors (Lipinski definition) is 2. The molecule has 0 aliphatic rings. The summed E-state index contributed by atoms with van der Waals surface area (Å²) in [7, 11) is 0. The molecule has 1 heterocycles. The van der Waals surface area contributed by atoms with Crippen LogP contribution in [0.1, 0.15) is 5.56 Å². The number of fused-ring (bicyclic) bond motifs is 1. The molecule has 1 N–H and O–H groups in total. The molecule has 0 amide bonds. The SMILES string of the molecule is O=c1cc(C(F)(F)F)c2cc(N(CC(F)F)CC(F)(F)F)ccc2[nH]1. The second-order valence-electron chi connectivity index (χ2n) is 5.16. The normalized spacial score (nSPS) is 12.8. The van der Waals surface area contributed by atoms with Crippen molar-refractivity contribution < 1.29 is 35.1 Å². The molecule has 0 fully saturated rings. The maximum absolute atomic E-state index is 13.0. The Balaban J connectivity index is 2.61. The van der Waals surface area contributed by atoms with Gasteiger partial charge in [-0.1, -0.05) is 0 Å². The first-order valence-electron chi connectivity index (χ1n) is 6.71. The van der Waals surface area contributed by atoms with E-state index in [0.29, 0.717) is 6.07 Å². The van der Waals surface area contributed by atoms with Crippen molar-refractivity contribution >= 4 is 16.6 Å². The molecule has 0 saturated heterocycles. The van der Waals surface area contributed by atoms with Crippen LogP contribution in [-0.4, -0.2) is 30.7 Å². The number of benzene rings is 1. The van der Waals surface area contributed by atoms with E-state index in [4.69, 9.17) is 0 Å². The van der Waals surface area contributed by atoms with E-state index in [-0.39, 0.29) is 16.5 Å². The van der Waals surface area contributed by atoms with Gasteiger partial charge in [-0.15, -0.1) is 0 Å². The molecular formula is C14H10F8N2O. The van der Waals surface area contributed by atoms with Crippen molar-refractivity contribution in [3.8, 4) is 0 Å². The Kier molecular flexibility index (Phi) is 4.96. The first-order chi connectivity index (χ1) is 11.4. The summed E-state index contributed by atoms with van der Waals surface area (Å²) in [6.07, 6.45) is -12.9. The van der Waals surface area contributed by atoms with Gasteiger partial charge in [0.15, 0.2) is 0 Å². The summed E-state index contributed by atoms with van der Waals surface area (Å²) >= 11 is 0. The molecule has 138 valence electrons. The van der Waals surface area contributed by atoms with E-state index in [1.165, 1.54) is 0 Å². The lowest BCUT2D eigenvalue weighted by Crippen LogP contribution is -2.37. The Morgan fingerprint density at radius 1 is 1.04 bits per heavy atom. The second kappa shape index (κ2) is 6.52. The number of rotatable bonds is 4. The first-order valence-corrected chi connectivity index (χ1v) is 6.71. The van der Waals surface area contributed by atoms with Gasteiger partial charge in [-0.3, -0.25) is 4.79 Å². The Hall–Kier alpha value is -2.33. The van der Waals surface area contributed by atoms with Crippen LogP contribution >= 0.6 is 0 Å². The average molecular weight is 374 g/mol. The predicted molar refractivity (Wildman–Crippen MR) is 73.8 cm³/mol. The molecule has 3 nitrogen and oxygen atoms in total. The van der Waals surface area contributed by atoms with E-state index >= 15 is 0 Å². The highest BCUT2D eigenvalue weighted by atomic mass is 19.4. The van der Waals surface area contributed by atoms with Gasteiger partial charge in [0.1, 0.15) is 6.54 Å². The monoisotopic (exact) mass is 374 g/mol. The van der Waals surface area contributed by atoms with Gasteiger partial charge in [0.25, 0.3) is 6.43 Å². The highest BCUT2D eigenvalue weighted by Crippen LogP contribution is 2.35. The number of halogens is 8. The highest BCUT2D eigenvalue weighted by Gasteiger charge is 2.35. The summed E-state index contributed by atoms with van der Waals surface area (Å²) in [5.74, 6) is 0. The number of H-pyrrole nitrogens is 1. The van der Waals surface area contributed by atoms with Gasteiger partial charge in [-0.2, -0.15) is 26.3 Å². The van der Waals surface area contributed by atoms with Crippen LogP contribution in [-0.2, 0) is 6.18 Å². The zero-order chi connectivity index (χ0) is 19.0. The van der Waals surface area contributed by atoms with Gasteiger partial charge in [-0.05, 0) is 18.2 Å². The lowest BCUT2D eigenvalue weighted by molar-refractivity contribution is -0.136. The summed E-state index contributed by atoms with van der Waals surface area (Å²) in [6.45, 7) is -3.07. The summed E-state index contributed by atoms with van der Waals surface area (Å²) in [6, 6.07) is 2.83. The van der Waals surface area contributed by atoms with E-state index in [0.717, 1.165) is 12.1 Å². The fraction of sp³-hybridized carbons (Fsp3) is 0.357. The van der Waals surface area contributed by atoms with Crippen LogP contribution in [0.5, 0.6) is 0 Å². The average Bonchev–Trinajstić information content (AvgIpc) is 2.42. The summed E-state index contributed by atoms with van der Waals surface area (Å²) in [4.78, 5) is 13.6. The number of alkyl halides is 8. The molecule has 11 heteroatoms. The molecule has 0 aliphatic heterocycles. The molecule has 2 aromatic rings. The zero-order valence-electron chi connectivity index (χ0n) is 12.2. The zero-order valence-corrected chi connectivity index (χ0v) is 12.2. The van der Waals surface area contributed by atoms with Crippen molar-refractivity contribution in [3.63, 3.8) is 0 Å². The van der Waals surface area contributed by atoms with E-state index in [1.807, 2.05) is 0 Å². The number of aromatic amines is 1. The number of pyridine rings is 1. The molecular weight excluding hydrogens is 364 g/mol. The summed E-state index contributed by atoms with van der Waals surface area (Å²) < 4.78 is 102. The van der Waals surface area contributed by atoms with Crippen LogP contribution in [0.25, 0.3) is 10.9 Å². The topological polar surface area (TPSA) is 36.1 Å². The highest BCUT2D eigenvalue weighted by molar-refractivity contribution is 5.86. The molecule has 2 rings (SSSR count). The van der Waals surface area contributed by atoms with Gasteiger partial charge in [0, 0.05) is 22.7 Å². The van der Waals surface area contributed by atoms with Crippen molar-refractivity contribution in [2.45, 2.75) is 18.8 Å². The van der Waals surface area contributed by atoms with Crippen LogP contribution in [0.3, 0.4) is 0 Å². The van der Waals surface area contributed by atoms with Gasteiger partial charge < -0.3 is 9.88 Å². The van der Waals surface area contributed by atoms with E-state index in [9.17, 15) is 39.9 Å². The van der Waals surface area contributed by atoms with Crippen LogP contribution < -0.4 is 10.5 Å². The fourth-order valence-corrected chi connectivity index (χ4v) is 2.32. The number of anilines is 1. The lowest BCUT2D eigenvalue weighted by atomic mass is 10.1. The largest absolute Gasteiger partial charge is 0.417 e. The summed E-state index contributed by atoms with van der Waals surface area (Å²) in [5, 5.41) is -0.592. The van der Waals surface area contributed by atoms with Crippen molar-refractivity contribution in [3.05, 3.63) is 40.2 Å². The van der Waals surface area contributed by atoms with Gasteiger partial charge in [0.05, 0.1) is 12.1 Å². The summed E-state index contributed by atoms with van der Waals surface area (Å²) in [5.41, 5.74) is -3.15. The molecule has 25 heavy (non-hydrogen) atoms. The van der Waals surface area contributed by atoms with Crippen molar-refractivity contribution in [1.82, 2.24) is 4.98 Å². The van der Waals surface area contributed by atoms with Crippen LogP contribution in [0, 0.1) is 0 Å². The van der Waals surface area contributed by atoms with Crippen LogP contribution in [0.2, 0.25) is 0 Å². The van der Waals surface area contributed by atoms with Gasteiger partial charge >= 0.3 is 12.4 Å². The number of nitrogens with zero attached hydrogens (tertiary/aromatic N) is 1. The molecule has 0 radical (unpaired) electrons. The van der Waals surface area contributed by atoms with E-state index < -0.39 is 54.1 Å². The second-order valence-corrected chi connectivity index (χ2v) is 5.16. The fourth-order valence-electron chi connectivity index (χ4n) is 2.32. The number of nitrogens with one attached hydrogen (secondary N) is 1. The molecule has 0 unspecified atom stereocenters. The van der Waals surface area contributed by atoms with E-state index in [1.54, 1.807) is 0 Å². The quantitative estimate of drug-likeness (QED) is 0.816. The Bertz CT molecular complexity index is 809. The molecule has 0 aliphatic carbocycles. The Morgan fingerprint density at radius 3 is 2.20 bits per heavy atom. The molecule has 0 spiro atoms. The molecule has 1 aromatic carbocycles. The Labute approximate surface area is 134 Å². The molecule has 0 bridgehead atoms. The van der Waals surface area contributed by atoms with Crippen LogP contribution in [0.4, 0.5) is 40.8 Å². The molecule has 0 atom stereocenters. The third kappa shape index (κ3) is 4.83. The predicted octanol–water partition coefficient (Wildman–Crippen LogP) is 4.18. The third-order valence-corrected chi connectivity index (χ3v) is 3.23. The smallest absolute Gasteiger partial charge is 0.357 e. The minimum atomic E-state index is -4.94. The maximum Gasteiger partial charge on any atom is 0.417 e. The minimum absolute atomic E-state index is 0.232. The van der Waals surface area contributed by atoms with Crippen molar-refractivity contribution in [2.75, 3.05) is 18.0 Å². The van der Waals surface area contributed by atoms with Crippen molar-refractivity contribution in [1.29, 1.82) is 0 Å². The third-order valence-electron chi connectivity index (χ3n) is 3.23. The van der Waals surface area contributed by atoms with Gasteiger partial charge in [-0.25, -0.2) is 8.78 Å². The number of aromatic nitrogens is 1. The van der Waals surface area contributed by atoms with Gasteiger partial charge in [0.2, 0.25) is 5.56 Å². The first kappa shape index (κ1) is 19.0. The minimum Gasteiger partial charge on any atom is -0.357 e. The van der Waals surface area contributed by atoms with Crippen LogP contribution in [0.15, 0.2) is 29.1 Å². The van der Waals surface area contributed by atoms with E-state index in [2.05, 4.69) is 4.98 Å². The molecule has 1 aromatic heterocycles. The van der Waals surface area contributed by atoms with Crippen molar-refractivity contribution in [2.24, 2.45) is 0 Å². The number of hydrogen-bond donors (Lipinski definition) is 1. The Morgan fingerprint density at radius 2 is 1.68 bits per heavy atom. The molecule has 0 saturated carbocycles. The maximum atomic E-state index is 13.0.